The van der Waals surface area contributed by atoms with Crippen molar-refractivity contribution in [1.29, 1.82) is 0 Å². The summed E-state index contributed by atoms with van der Waals surface area (Å²) in [5, 5.41) is 3.39. The molecule has 1 heterocycles. The van der Waals surface area contributed by atoms with E-state index in [0.717, 1.165) is 25.2 Å². The van der Waals surface area contributed by atoms with Gasteiger partial charge in [0.2, 0.25) is 5.88 Å². The van der Waals surface area contributed by atoms with Crippen molar-refractivity contribution in [2.75, 3.05) is 24.7 Å². The maximum atomic E-state index is 5.36. The summed E-state index contributed by atoms with van der Waals surface area (Å²) in [7, 11) is 0. The molecule has 1 aromatic rings. The Bertz CT molecular complexity index is 348. The van der Waals surface area contributed by atoms with Gasteiger partial charge in [0.25, 0.3) is 0 Å². The molecule has 0 saturated carbocycles. The maximum Gasteiger partial charge on any atom is 0.218 e. The van der Waals surface area contributed by atoms with Crippen LogP contribution in [0.1, 0.15) is 33.6 Å². The molecule has 18 heavy (non-hydrogen) atoms. The summed E-state index contributed by atoms with van der Waals surface area (Å²) < 4.78 is 5.64. The fourth-order valence-electron chi connectivity index (χ4n) is 1.78. The molecule has 4 nitrogen and oxygen atoms in total. The van der Waals surface area contributed by atoms with Crippen LogP contribution in [0.25, 0.3) is 0 Å². The quantitative estimate of drug-likeness (QED) is 0.785. The van der Waals surface area contributed by atoms with E-state index >= 15 is 0 Å². The lowest BCUT2D eigenvalue weighted by Gasteiger charge is -2.30. The van der Waals surface area contributed by atoms with Crippen molar-refractivity contribution in [1.82, 2.24) is 9.97 Å². The summed E-state index contributed by atoms with van der Waals surface area (Å²) in [5.41, 5.74) is 0. The predicted molar refractivity (Wildman–Crippen MR) is 78.5 cm³/mol. The van der Waals surface area contributed by atoms with Crippen molar-refractivity contribution in [2.45, 2.75) is 38.4 Å². The second kappa shape index (κ2) is 7.46. The molecule has 0 aliphatic rings. The van der Waals surface area contributed by atoms with Crippen LogP contribution < -0.4 is 10.1 Å². The number of hydrogen-bond acceptors (Lipinski definition) is 5. The first-order valence-corrected chi connectivity index (χ1v) is 7.66. The average Bonchev–Trinajstić information content (AvgIpc) is 2.42. The summed E-state index contributed by atoms with van der Waals surface area (Å²) in [6.07, 6.45) is 5.98. The molecule has 0 fully saturated rings. The lowest BCUT2D eigenvalue weighted by Crippen LogP contribution is -2.32. The van der Waals surface area contributed by atoms with Crippen LogP contribution in [0.3, 0.4) is 0 Å². The largest absolute Gasteiger partial charge is 0.478 e. The molecule has 0 atom stereocenters. The van der Waals surface area contributed by atoms with Crippen LogP contribution in [0.2, 0.25) is 0 Å². The number of ether oxygens (including phenoxy) is 1. The monoisotopic (exact) mass is 269 g/mol. The summed E-state index contributed by atoms with van der Waals surface area (Å²) in [6, 6.07) is 1.85. The molecule has 0 aliphatic carbocycles. The topological polar surface area (TPSA) is 47.0 Å². The van der Waals surface area contributed by atoms with E-state index in [1.54, 1.807) is 0 Å². The molecule has 1 N–H and O–H groups in total. The van der Waals surface area contributed by atoms with Crippen molar-refractivity contribution < 1.29 is 4.74 Å². The maximum absolute atomic E-state index is 5.36. The second-order valence-corrected chi connectivity index (χ2v) is 5.40. The Hall–Kier alpha value is -0.970. The molecule has 0 aromatic carbocycles. The minimum absolute atomic E-state index is 0.275. The molecule has 0 saturated heterocycles. The molecule has 0 bridgehead atoms. The second-order valence-electron chi connectivity index (χ2n) is 4.12. The van der Waals surface area contributed by atoms with Gasteiger partial charge in [0.1, 0.15) is 12.1 Å². The van der Waals surface area contributed by atoms with Gasteiger partial charge < -0.3 is 10.1 Å². The number of thioether (sulfide) groups is 1. The van der Waals surface area contributed by atoms with E-state index in [-0.39, 0.29) is 4.75 Å². The molecule has 0 amide bonds. The van der Waals surface area contributed by atoms with E-state index in [1.807, 2.05) is 24.8 Å². The van der Waals surface area contributed by atoms with Crippen LogP contribution in [-0.2, 0) is 0 Å². The third kappa shape index (κ3) is 4.05. The Labute approximate surface area is 114 Å². The van der Waals surface area contributed by atoms with E-state index < -0.39 is 0 Å². The van der Waals surface area contributed by atoms with Gasteiger partial charge in [-0.1, -0.05) is 13.8 Å². The first kappa shape index (κ1) is 15.1. The first-order valence-electron chi connectivity index (χ1n) is 6.43. The highest BCUT2D eigenvalue weighted by Gasteiger charge is 2.24. The van der Waals surface area contributed by atoms with Crippen LogP contribution in [-0.4, -0.2) is 34.1 Å². The molecular weight excluding hydrogens is 246 g/mol. The average molecular weight is 269 g/mol. The summed E-state index contributed by atoms with van der Waals surface area (Å²) in [4.78, 5) is 8.27. The fraction of sp³-hybridized carbons (Fsp3) is 0.692. The molecule has 0 radical (unpaired) electrons. The number of hydrogen-bond donors (Lipinski definition) is 1. The zero-order valence-corrected chi connectivity index (χ0v) is 12.5. The number of nitrogens with zero attached hydrogens (tertiary/aromatic N) is 2. The van der Waals surface area contributed by atoms with Gasteiger partial charge >= 0.3 is 0 Å². The van der Waals surface area contributed by atoms with Crippen LogP contribution >= 0.6 is 11.8 Å². The smallest absolute Gasteiger partial charge is 0.218 e. The van der Waals surface area contributed by atoms with Gasteiger partial charge in [-0.25, -0.2) is 9.97 Å². The molecule has 102 valence electrons. The summed E-state index contributed by atoms with van der Waals surface area (Å²) in [5.74, 6) is 1.45. The van der Waals surface area contributed by atoms with Crippen molar-refractivity contribution in [3.8, 4) is 5.88 Å². The molecular formula is C13H23N3OS. The normalized spacial score (nSPS) is 11.3. The third-order valence-corrected chi connectivity index (χ3v) is 4.84. The fourth-order valence-corrected chi connectivity index (χ4v) is 2.57. The van der Waals surface area contributed by atoms with Crippen molar-refractivity contribution in [2.24, 2.45) is 0 Å². The van der Waals surface area contributed by atoms with Gasteiger partial charge in [0, 0.05) is 17.4 Å². The highest BCUT2D eigenvalue weighted by molar-refractivity contribution is 8.00. The third-order valence-electron chi connectivity index (χ3n) is 3.25. The van der Waals surface area contributed by atoms with Crippen LogP contribution in [0, 0.1) is 0 Å². The number of aromatic nitrogens is 2. The Morgan fingerprint density at radius 3 is 2.56 bits per heavy atom. The van der Waals surface area contributed by atoms with Crippen LogP contribution in [0.5, 0.6) is 5.88 Å². The molecule has 5 heteroatoms. The van der Waals surface area contributed by atoms with E-state index in [1.165, 1.54) is 6.33 Å². The van der Waals surface area contributed by atoms with Gasteiger partial charge in [-0.3, -0.25) is 0 Å². The Morgan fingerprint density at radius 2 is 2.00 bits per heavy atom. The highest BCUT2D eigenvalue weighted by Crippen LogP contribution is 2.30. The van der Waals surface area contributed by atoms with Gasteiger partial charge in [0.05, 0.1) is 6.61 Å². The minimum Gasteiger partial charge on any atom is -0.478 e. The zero-order chi connectivity index (χ0) is 13.4. The predicted octanol–water partition coefficient (Wildman–Crippen LogP) is 3.21. The molecule has 0 aliphatic heterocycles. The van der Waals surface area contributed by atoms with E-state index in [0.29, 0.717) is 12.5 Å². The Kier molecular flexibility index (Phi) is 6.25. The number of rotatable bonds is 8. The van der Waals surface area contributed by atoms with Crippen molar-refractivity contribution in [3.63, 3.8) is 0 Å². The standard InChI is InChI=1S/C13H23N3OS/c1-5-13(6-2,18-4)9-14-11-8-12(17-7-3)16-10-15-11/h8,10H,5-7,9H2,1-4H3,(H,14,15,16). The van der Waals surface area contributed by atoms with E-state index in [9.17, 15) is 0 Å². The van der Waals surface area contributed by atoms with Gasteiger partial charge in [-0.05, 0) is 26.0 Å². The molecule has 0 unspecified atom stereocenters. The number of anilines is 1. The molecule has 1 aromatic heterocycles. The van der Waals surface area contributed by atoms with E-state index in [4.69, 9.17) is 4.74 Å². The highest BCUT2D eigenvalue weighted by atomic mass is 32.2. The first-order chi connectivity index (χ1) is 8.69. The summed E-state index contributed by atoms with van der Waals surface area (Å²) in [6.45, 7) is 7.93. The van der Waals surface area contributed by atoms with Crippen LogP contribution in [0.4, 0.5) is 5.82 Å². The van der Waals surface area contributed by atoms with Crippen molar-refractivity contribution in [3.05, 3.63) is 12.4 Å². The van der Waals surface area contributed by atoms with Gasteiger partial charge in [-0.2, -0.15) is 11.8 Å². The number of nitrogens with one attached hydrogen (secondary N) is 1. The lowest BCUT2D eigenvalue weighted by molar-refractivity contribution is 0.326. The minimum atomic E-state index is 0.275. The molecule has 0 spiro atoms. The Morgan fingerprint density at radius 1 is 1.28 bits per heavy atom. The molecule has 1 rings (SSSR count). The van der Waals surface area contributed by atoms with Crippen molar-refractivity contribution >= 4 is 17.6 Å². The lowest BCUT2D eigenvalue weighted by atomic mass is 10.0. The Balaban J connectivity index is 2.64. The zero-order valence-electron chi connectivity index (χ0n) is 11.7. The van der Waals surface area contributed by atoms with E-state index in [2.05, 4.69) is 35.4 Å². The van der Waals surface area contributed by atoms with Crippen LogP contribution in [0.15, 0.2) is 12.4 Å². The van der Waals surface area contributed by atoms with Gasteiger partial charge in [0.15, 0.2) is 0 Å². The SMILES string of the molecule is CCOc1cc(NCC(CC)(CC)SC)ncn1. The summed E-state index contributed by atoms with van der Waals surface area (Å²) >= 11 is 1.91. The van der Waals surface area contributed by atoms with Gasteiger partial charge in [-0.15, -0.1) is 0 Å².